The summed E-state index contributed by atoms with van der Waals surface area (Å²) in [5.41, 5.74) is 1.17. The van der Waals surface area contributed by atoms with E-state index in [1.165, 1.54) is 11.6 Å². The van der Waals surface area contributed by atoms with Gasteiger partial charge in [0.25, 0.3) is 5.56 Å². The molecule has 0 saturated carbocycles. The second-order valence-electron chi connectivity index (χ2n) is 5.24. The molecule has 0 atom stereocenters. The second kappa shape index (κ2) is 6.26. The van der Waals surface area contributed by atoms with Crippen molar-refractivity contribution in [2.45, 2.75) is 13.5 Å². The molecular formula is C15H13Cl2N5O2. The minimum atomic E-state index is -0.376. The van der Waals surface area contributed by atoms with Crippen LogP contribution in [0, 0.1) is 0 Å². The van der Waals surface area contributed by atoms with Gasteiger partial charge in [0.2, 0.25) is 5.95 Å². The molecule has 0 fully saturated rings. The van der Waals surface area contributed by atoms with Crippen molar-refractivity contribution in [2.75, 3.05) is 5.32 Å². The number of rotatable bonds is 4. The fourth-order valence-corrected chi connectivity index (χ4v) is 2.66. The van der Waals surface area contributed by atoms with E-state index in [-0.39, 0.29) is 34.0 Å². The molecule has 0 aliphatic rings. The van der Waals surface area contributed by atoms with Crippen LogP contribution in [0.3, 0.4) is 0 Å². The molecule has 2 heterocycles. The molecule has 3 rings (SSSR count). The van der Waals surface area contributed by atoms with Gasteiger partial charge in [-0.15, -0.1) is 0 Å². The monoisotopic (exact) mass is 365 g/mol. The van der Waals surface area contributed by atoms with E-state index in [4.69, 9.17) is 23.2 Å². The van der Waals surface area contributed by atoms with Gasteiger partial charge in [-0.2, -0.15) is 5.10 Å². The summed E-state index contributed by atoms with van der Waals surface area (Å²) in [6.45, 7) is 1.76. The van der Waals surface area contributed by atoms with Gasteiger partial charge in [-0.1, -0.05) is 29.3 Å². The minimum Gasteiger partial charge on any atom is -0.352 e. The van der Waals surface area contributed by atoms with Gasteiger partial charge in [-0.3, -0.25) is 19.3 Å². The van der Waals surface area contributed by atoms with Crippen molar-refractivity contribution < 1.29 is 4.79 Å². The lowest BCUT2D eigenvalue weighted by Crippen LogP contribution is -2.15. The molecule has 124 valence electrons. The van der Waals surface area contributed by atoms with Crippen LogP contribution in [0.2, 0.25) is 10.0 Å². The smallest absolute Gasteiger partial charge is 0.278 e. The number of carbonyl (C=O) groups is 1. The minimum absolute atomic E-state index is 0.163. The highest BCUT2D eigenvalue weighted by Gasteiger charge is 2.17. The van der Waals surface area contributed by atoms with E-state index >= 15 is 0 Å². The van der Waals surface area contributed by atoms with Crippen molar-refractivity contribution in [2.24, 2.45) is 7.05 Å². The Hall–Kier alpha value is -2.38. The van der Waals surface area contributed by atoms with Gasteiger partial charge in [0.15, 0.2) is 17.0 Å². The molecule has 0 amide bonds. The molecule has 0 spiro atoms. The summed E-state index contributed by atoms with van der Waals surface area (Å²) in [4.78, 5) is 30.8. The van der Waals surface area contributed by atoms with Gasteiger partial charge in [0, 0.05) is 20.5 Å². The largest absolute Gasteiger partial charge is 0.352 e. The predicted octanol–water partition coefficient (Wildman–Crippen LogP) is 2.78. The van der Waals surface area contributed by atoms with Crippen LogP contribution in [0.1, 0.15) is 23.0 Å². The number of nitrogens with zero attached hydrogens (tertiary/aromatic N) is 3. The average molecular weight is 366 g/mol. The molecule has 0 saturated heterocycles. The Kier molecular flexibility index (Phi) is 4.29. The number of ketones is 1. The molecular weight excluding hydrogens is 353 g/mol. The Labute approximate surface area is 146 Å². The van der Waals surface area contributed by atoms with Gasteiger partial charge in [0.1, 0.15) is 5.52 Å². The topological polar surface area (TPSA) is 92.7 Å². The maximum atomic E-state index is 12.2. The number of carbonyl (C=O) groups excluding carboxylic acids is 1. The Balaban J connectivity index is 1.95. The molecule has 0 radical (unpaired) electrons. The first-order chi connectivity index (χ1) is 11.4. The zero-order valence-corrected chi connectivity index (χ0v) is 14.4. The average Bonchev–Trinajstić information content (AvgIpc) is 2.86. The summed E-state index contributed by atoms with van der Waals surface area (Å²) in [5.74, 6) is -0.0109. The van der Waals surface area contributed by atoms with Crippen LogP contribution in [0.5, 0.6) is 0 Å². The number of hydrogen-bond donors (Lipinski definition) is 2. The fraction of sp³-hybridized carbons (Fsp3) is 0.200. The van der Waals surface area contributed by atoms with Crippen LogP contribution in [-0.4, -0.2) is 25.5 Å². The molecule has 2 N–H and O–H groups in total. The number of nitrogens with one attached hydrogen (secondary N) is 2. The molecule has 24 heavy (non-hydrogen) atoms. The maximum absolute atomic E-state index is 12.2. The van der Waals surface area contributed by atoms with Crippen LogP contribution >= 0.6 is 23.2 Å². The lowest BCUT2D eigenvalue weighted by molar-refractivity contribution is 0.101. The van der Waals surface area contributed by atoms with E-state index in [9.17, 15) is 9.59 Å². The first kappa shape index (κ1) is 16.5. The molecule has 2 aromatic heterocycles. The van der Waals surface area contributed by atoms with Crippen molar-refractivity contribution in [1.29, 1.82) is 0 Å². The fourth-order valence-electron chi connectivity index (χ4n) is 2.34. The third-order valence-corrected chi connectivity index (χ3v) is 4.21. The van der Waals surface area contributed by atoms with Gasteiger partial charge >= 0.3 is 0 Å². The summed E-state index contributed by atoms with van der Waals surface area (Å²) < 4.78 is 1.35. The van der Waals surface area contributed by atoms with Gasteiger partial charge in [-0.05, 0) is 17.7 Å². The van der Waals surface area contributed by atoms with Crippen molar-refractivity contribution in [3.8, 4) is 0 Å². The van der Waals surface area contributed by atoms with Crippen molar-refractivity contribution in [1.82, 2.24) is 19.7 Å². The Morgan fingerprint density at radius 1 is 1.33 bits per heavy atom. The lowest BCUT2D eigenvalue weighted by Gasteiger charge is -2.07. The molecule has 0 unspecified atom stereocenters. The first-order valence-corrected chi connectivity index (χ1v) is 7.78. The SMILES string of the molecule is CC(=O)c1nn(C)c2c(=O)[nH]c(NCc3ccc(Cl)c(Cl)c3)nc12. The number of H-pyrrole nitrogens is 1. The second-order valence-corrected chi connectivity index (χ2v) is 6.06. The highest BCUT2D eigenvalue weighted by Crippen LogP contribution is 2.23. The number of aromatic nitrogens is 4. The Bertz CT molecular complexity index is 1010. The quantitative estimate of drug-likeness (QED) is 0.693. The first-order valence-electron chi connectivity index (χ1n) is 7.02. The molecule has 0 aliphatic carbocycles. The molecule has 7 nitrogen and oxygen atoms in total. The molecule has 9 heteroatoms. The van der Waals surface area contributed by atoms with Gasteiger partial charge in [-0.25, -0.2) is 4.98 Å². The summed E-state index contributed by atoms with van der Waals surface area (Å²) in [6, 6.07) is 5.22. The molecule has 0 aliphatic heterocycles. The zero-order valence-electron chi connectivity index (χ0n) is 12.9. The highest BCUT2D eigenvalue weighted by molar-refractivity contribution is 6.42. The molecule has 0 bridgehead atoms. The number of aromatic amines is 1. The van der Waals surface area contributed by atoms with Gasteiger partial charge in [0.05, 0.1) is 10.0 Å². The Morgan fingerprint density at radius 3 is 2.75 bits per heavy atom. The normalized spacial score (nSPS) is 11.0. The summed E-state index contributed by atoms with van der Waals surface area (Å²) in [5, 5.41) is 7.97. The number of halogens is 2. The van der Waals surface area contributed by atoms with E-state index in [0.717, 1.165) is 5.56 Å². The van der Waals surface area contributed by atoms with E-state index < -0.39 is 0 Å². The van der Waals surface area contributed by atoms with Crippen LogP contribution in [0.4, 0.5) is 5.95 Å². The number of Topliss-reactive ketones (excluding diaryl/α,β-unsaturated/α-hetero) is 1. The van der Waals surface area contributed by atoms with Crippen LogP contribution in [-0.2, 0) is 13.6 Å². The summed E-state index contributed by atoms with van der Waals surface area (Å²) in [6.07, 6.45) is 0. The van der Waals surface area contributed by atoms with E-state index in [2.05, 4.69) is 20.4 Å². The van der Waals surface area contributed by atoms with Crippen LogP contribution < -0.4 is 10.9 Å². The van der Waals surface area contributed by atoms with Gasteiger partial charge < -0.3 is 5.32 Å². The van der Waals surface area contributed by atoms with Crippen molar-refractivity contribution in [3.05, 3.63) is 49.9 Å². The zero-order chi connectivity index (χ0) is 17.4. The maximum Gasteiger partial charge on any atom is 0.278 e. The number of fused-ring (bicyclic) bond motifs is 1. The van der Waals surface area contributed by atoms with E-state index in [0.29, 0.717) is 16.6 Å². The number of anilines is 1. The van der Waals surface area contributed by atoms with E-state index in [1.54, 1.807) is 19.2 Å². The van der Waals surface area contributed by atoms with Crippen LogP contribution in [0.15, 0.2) is 23.0 Å². The number of benzene rings is 1. The lowest BCUT2D eigenvalue weighted by atomic mass is 10.2. The molecule has 3 aromatic rings. The standard InChI is InChI=1S/C15H13Cl2N5O2/c1-7(23)11-12-13(22(2)21-11)14(24)20-15(19-12)18-6-8-3-4-9(16)10(17)5-8/h3-5H,6H2,1-2H3,(H2,18,19,20,24). The third kappa shape index (κ3) is 3.00. The molecule has 1 aromatic carbocycles. The highest BCUT2D eigenvalue weighted by atomic mass is 35.5. The number of hydrogen-bond acceptors (Lipinski definition) is 5. The van der Waals surface area contributed by atoms with Crippen molar-refractivity contribution >= 4 is 46.0 Å². The van der Waals surface area contributed by atoms with Crippen molar-refractivity contribution in [3.63, 3.8) is 0 Å². The van der Waals surface area contributed by atoms with Crippen LogP contribution in [0.25, 0.3) is 11.0 Å². The number of aryl methyl sites for hydroxylation is 1. The predicted molar refractivity (Wildman–Crippen MR) is 92.9 cm³/mol. The summed E-state index contributed by atoms with van der Waals surface area (Å²) >= 11 is 11.9. The Morgan fingerprint density at radius 2 is 2.08 bits per heavy atom. The summed E-state index contributed by atoms with van der Waals surface area (Å²) in [7, 11) is 1.59. The van der Waals surface area contributed by atoms with E-state index in [1.807, 2.05) is 6.07 Å². The third-order valence-electron chi connectivity index (χ3n) is 3.47.